The highest BCUT2D eigenvalue weighted by Crippen LogP contribution is 2.27. The zero-order valence-corrected chi connectivity index (χ0v) is 30.3. The molecule has 0 aliphatic heterocycles. The minimum atomic E-state index is 0.794. The van der Waals surface area contributed by atoms with Gasteiger partial charge in [-0.3, -0.25) is 5.10 Å². The lowest BCUT2D eigenvalue weighted by atomic mass is 10.1. The van der Waals surface area contributed by atoms with Crippen LogP contribution in [-0.4, -0.2) is 23.4 Å². The molecule has 47 heavy (non-hydrogen) atoms. The van der Waals surface area contributed by atoms with Gasteiger partial charge in [0.15, 0.2) is 0 Å². The first-order valence-electron chi connectivity index (χ1n) is 19.8. The van der Waals surface area contributed by atoms with Crippen LogP contribution in [0.1, 0.15) is 168 Å². The van der Waals surface area contributed by atoms with E-state index in [0.717, 1.165) is 60.1 Å². The fourth-order valence-corrected chi connectivity index (χ4v) is 6.34. The summed E-state index contributed by atoms with van der Waals surface area (Å²) in [5, 5.41) is 7.78. The molecule has 1 N–H and O–H groups in total. The maximum absolute atomic E-state index is 6.01. The molecule has 0 saturated carbocycles. The van der Waals surface area contributed by atoms with E-state index in [4.69, 9.17) is 9.47 Å². The zero-order chi connectivity index (χ0) is 33.0. The number of rotatable bonds is 30. The standard InChI is InChI=1S/C43H68N2O2/c1-3-5-7-9-11-13-15-17-19-21-23-25-35-46-40-31-27-38(28-32-40)42-37-43(45-44-42)39-29-33-41(34-30-39)47-36-26-24-22-20-18-16-14-12-10-8-6-4-2/h27-34,37H,3-26,35-36H2,1-2H3,(H,44,45). The van der Waals surface area contributed by atoms with E-state index in [-0.39, 0.29) is 0 Å². The Bertz CT molecular complexity index is 1030. The lowest BCUT2D eigenvalue weighted by Gasteiger charge is -2.07. The molecule has 0 radical (unpaired) electrons. The van der Waals surface area contributed by atoms with Gasteiger partial charge in [0.2, 0.25) is 0 Å². The van der Waals surface area contributed by atoms with E-state index < -0.39 is 0 Å². The summed E-state index contributed by atoms with van der Waals surface area (Å²) in [5.74, 6) is 1.88. The SMILES string of the molecule is CCCCCCCCCCCCCCOc1ccc(-c2cc(-c3ccc(OCCCCCCCCCCCCCC)cc3)[nH]n2)cc1. The van der Waals surface area contributed by atoms with Gasteiger partial charge in [-0.15, -0.1) is 0 Å². The van der Waals surface area contributed by atoms with Gasteiger partial charge >= 0.3 is 0 Å². The van der Waals surface area contributed by atoms with Gasteiger partial charge in [-0.25, -0.2) is 0 Å². The van der Waals surface area contributed by atoms with Crippen molar-refractivity contribution >= 4 is 0 Å². The molecule has 0 atom stereocenters. The van der Waals surface area contributed by atoms with Crippen LogP contribution >= 0.6 is 0 Å². The third-order valence-corrected chi connectivity index (χ3v) is 9.43. The van der Waals surface area contributed by atoms with Crippen LogP contribution in [0.15, 0.2) is 54.6 Å². The van der Waals surface area contributed by atoms with Crippen molar-refractivity contribution in [1.82, 2.24) is 10.2 Å². The molecule has 3 aromatic rings. The first-order valence-corrected chi connectivity index (χ1v) is 19.8. The van der Waals surface area contributed by atoms with Crippen molar-refractivity contribution in [3.8, 4) is 34.0 Å². The van der Waals surface area contributed by atoms with Crippen LogP contribution in [0, 0.1) is 0 Å². The van der Waals surface area contributed by atoms with Crippen LogP contribution in [0.4, 0.5) is 0 Å². The van der Waals surface area contributed by atoms with Crippen molar-refractivity contribution < 1.29 is 9.47 Å². The van der Waals surface area contributed by atoms with Gasteiger partial charge in [0.05, 0.1) is 24.6 Å². The Morgan fingerprint density at radius 2 is 0.766 bits per heavy atom. The second kappa shape index (κ2) is 26.2. The Balaban J connectivity index is 1.22. The highest BCUT2D eigenvalue weighted by molar-refractivity contribution is 5.68. The van der Waals surface area contributed by atoms with Crippen LogP contribution in [0.2, 0.25) is 0 Å². The topological polar surface area (TPSA) is 47.1 Å². The average molecular weight is 645 g/mol. The molecule has 0 aliphatic rings. The maximum atomic E-state index is 6.01. The number of aromatic amines is 1. The minimum Gasteiger partial charge on any atom is -0.494 e. The van der Waals surface area contributed by atoms with Gasteiger partial charge < -0.3 is 9.47 Å². The quantitative estimate of drug-likeness (QED) is 0.0735. The Labute approximate surface area is 288 Å². The van der Waals surface area contributed by atoms with E-state index >= 15 is 0 Å². The van der Waals surface area contributed by atoms with Gasteiger partial charge in [-0.2, -0.15) is 5.10 Å². The van der Waals surface area contributed by atoms with Crippen molar-refractivity contribution in [3.63, 3.8) is 0 Å². The molecule has 0 saturated heterocycles. The van der Waals surface area contributed by atoms with Crippen LogP contribution in [-0.2, 0) is 0 Å². The fraction of sp³-hybridized carbons (Fsp3) is 0.651. The summed E-state index contributed by atoms with van der Waals surface area (Å²) in [7, 11) is 0. The predicted molar refractivity (Wildman–Crippen MR) is 203 cm³/mol. The van der Waals surface area contributed by atoms with E-state index in [1.807, 2.05) is 0 Å². The Morgan fingerprint density at radius 3 is 1.15 bits per heavy atom. The third-order valence-electron chi connectivity index (χ3n) is 9.43. The average Bonchev–Trinajstić information content (AvgIpc) is 3.60. The highest BCUT2D eigenvalue weighted by Gasteiger charge is 2.07. The van der Waals surface area contributed by atoms with Gasteiger partial charge in [0.1, 0.15) is 11.5 Å². The molecule has 1 heterocycles. The summed E-state index contributed by atoms with van der Waals surface area (Å²) >= 11 is 0. The van der Waals surface area contributed by atoms with Crippen molar-refractivity contribution in [2.75, 3.05) is 13.2 Å². The first kappa shape index (κ1) is 38.7. The van der Waals surface area contributed by atoms with E-state index in [9.17, 15) is 0 Å². The van der Waals surface area contributed by atoms with Gasteiger partial charge in [0, 0.05) is 5.56 Å². The van der Waals surface area contributed by atoms with Crippen molar-refractivity contribution in [2.24, 2.45) is 0 Å². The van der Waals surface area contributed by atoms with Crippen LogP contribution in [0.25, 0.3) is 22.5 Å². The monoisotopic (exact) mass is 645 g/mol. The summed E-state index contributed by atoms with van der Waals surface area (Å²) in [6.45, 7) is 6.16. The molecule has 4 heteroatoms. The molecule has 3 rings (SSSR count). The largest absolute Gasteiger partial charge is 0.494 e. The summed E-state index contributed by atoms with van der Waals surface area (Å²) in [4.78, 5) is 0. The normalized spacial score (nSPS) is 11.3. The molecule has 0 bridgehead atoms. The molecule has 262 valence electrons. The maximum Gasteiger partial charge on any atom is 0.119 e. The fourth-order valence-electron chi connectivity index (χ4n) is 6.34. The molecule has 0 aliphatic carbocycles. The molecule has 0 unspecified atom stereocenters. The molecular formula is C43H68N2O2. The van der Waals surface area contributed by atoms with Crippen molar-refractivity contribution in [2.45, 2.75) is 168 Å². The Morgan fingerprint density at radius 1 is 0.426 bits per heavy atom. The van der Waals surface area contributed by atoms with Crippen molar-refractivity contribution in [3.05, 3.63) is 54.6 Å². The number of ether oxygens (including phenoxy) is 2. The second-order valence-electron chi connectivity index (χ2n) is 13.7. The molecule has 0 fully saturated rings. The van der Waals surface area contributed by atoms with Crippen LogP contribution < -0.4 is 9.47 Å². The van der Waals surface area contributed by atoms with Gasteiger partial charge in [-0.1, -0.05) is 155 Å². The Kier molecular flexibility index (Phi) is 21.6. The Hall–Kier alpha value is -2.75. The zero-order valence-electron chi connectivity index (χ0n) is 30.3. The van der Waals surface area contributed by atoms with Crippen molar-refractivity contribution in [1.29, 1.82) is 0 Å². The van der Waals surface area contributed by atoms with Crippen LogP contribution in [0.3, 0.4) is 0 Å². The summed E-state index contributed by atoms with van der Waals surface area (Å²) < 4.78 is 12.0. The summed E-state index contributed by atoms with van der Waals surface area (Å²) in [6.07, 6.45) is 32.7. The first-order chi connectivity index (χ1) is 23.3. The highest BCUT2D eigenvalue weighted by atomic mass is 16.5. The summed E-state index contributed by atoms with van der Waals surface area (Å²) in [5.41, 5.74) is 4.16. The second-order valence-corrected chi connectivity index (χ2v) is 13.7. The smallest absolute Gasteiger partial charge is 0.119 e. The van der Waals surface area contributed by atoms with E-state index in [1.165, 1.54) is 141 Å². The third kappa shape index (κ3) is 17.8. The van der Waals surface area contributed by atoms with E-state index in [0.29, 0.717) is 0 Å². The number of H-pyrrole nitrogens is 1. The number of nitrogens with one attached hydrogen (secondary N) is 1. The molecule has 0 spiro atoms. The van der Waals surface area contributed by atoms with E-state index in [2.05, 4.69) is 78.6 Å². The number of nitrogens with zero attached hydrogens (tertiary/aromatic N) is 1. The number of aromatic nitrogens is 2. The number of benzene rings is 2. The molecule has 4 nitrogen and oxygen atoms in total. The lowest BCUT2D eigenvalue weighted by Crippen LogP contribution is -1.97. The van der Waals surface area contributed by atoms with Gasteiger partial charge in [0.25, 0.3) is 0 Å². The number of hydrogen-bond donors (Lipinski definition) is 1. The predicted octanol–water partition coefficient (Wildman–Crippen LogP) is 13.9. The number of hydrogen-bond acceptors (Lipinski definition) is 3. The molecule has 0 amide bonds. The van der Waals surface area contributed by atoms with Crippen LogP contribution in [0.5, 0.6) is 11.5 Å². The van der Waals surface area contributed by atoms with E-state index in [1.54, 1.807) is 0 Å². The molecular weight excluding hydrogens is 576 g/mol. The van der Waals surface area contributed by atoms with Gasteiger partial charge in [-0.05, 0) is 73.0 Å². The summed E-state index contributed by atoms with van der Waals surface area (Å²) in [6, 6.07) is 18.8. The minimum absolute atomic E-state index is 0.794. The molecule has 1 aromatic heterocycles. The number of unbranched alkanes of at least 4 members (excludes halogenated alkanes) is 22. The molecule has 2 aromatic carbocycles. The lowest BCUT2D eigenvalue weighted by molar-refractivity contribution is 0.304.